The van der Waals surface area contributed by atoms with Crippen LogP contribution in [0.25, 0.3) is 0 Å². The minimum absolute atomic E-state index is 0.320. The van der Waals surface area contributed by atoms with Gasteiger partial charge in [0.15, 0.2) is 0 Å². The molecule has 2 amide bonds. The van der Waals surface area contributed by atoms with Gasteiger partial charge >= 0.3 is 0 Å². The minimum atomic E-state index is -1.19. The summed E-state index contributed by atoms with van der Waals surface area (Å²) >= 11 is 0. The molecule has 1 fully saturated rings. The van der Waals surface area contributed by atoms with E-state index in [4.69, 9.17) is 4.74 Å². The normalized spacial score (nSPS) is 13.8. The molecule has 1 aliphatic rings. The van der Waals surface area contributed by atoms with Gasteiger partial charge in [0.25, 0.3) is 0 Å². The molecule has 2 aromatic carbocycles. The number of benzene rings is 2. The van der Waals surface area contributed by atoms with Crippen LogP contribution in [-0.2, 0) is 16.1 Å². The van der Waals surface area contributed by atoms with Gasteiger partial charge in [-0.2, -0.15) is 0 Å². The first-order valence-electron chi connectivity index (χ1n) is 9.98. The van der Waals surface area contributed by atoms with Gasteiger partial charge in [-0.15, -0.1) is 0 Å². The maximum Gasteiger partial charge on any atom is 0.239 e. The van der Waals surface area contributed by atoms with Crippen LogP contribution in [0.2, 0.25) is 0 Å². The molecule has 0 unspecified atom stereocenters. The van der Waals surface area contributed by atoms with Crippen LogP contribution < -0.4 is 20.3 Å². The number of nitrogens with zero attached hydrogens (tertiary/aromatic N) is 1. The summed E-state index contributed by atoms with van der Waals surface area (Å²) in [5.41, 5.74) is 1.60. The lowest BCUT2D eigenvalue weighted by Gasteiger charge is -2.23. The fraction of sp³-hybridized carbons (Fsp3) is 0.391. The molecule has 1 heterocycles. The Balaban J connectivity index is 1.55. The zero-order valence-corrected chi connectivity index (χ0v) is 17.3. The van der Waals surface area contributed by atoms with Crippen molar-refractivity contribution in [3.8, 4) is 5.75 Å². The molecule has 6 nitrogen and oxygen atoms in total. The lowest BCUT2D eigenvalue weighted by atomic mass is 9.90. The fourth-order valence-electron chi connectivity index (χ4n) is 3.27. The molecule has 154 valence electrons. The lowest BCUT2D eigenvalue weighted by molar-refractivity contribution is -0.138. The Hall–Kier alpha value is -3.02. The molecule has 6 heteroatoms. The number of nitrogens with one attached hydrogen (secondary N) is 2. The van der Waals surface area contributed by atoms with Crippen molar-refractivity contribution in [2.45, 2.75) is 33.2 Å². The summed E-state index contributed by atoms with van der Waals surface area (Å²) in [6.45, 7) is 5.76. The number of carbonyl (C=O) groups excluding carboxylic acids is 2. The molecule has 2 aromatic rings. The van der Waals surface area contributed by atoms with Crippen LogP contribution in [0.5, 0.6) is 5.75 Å². The summed E-state index contributed by atoms with van der Waals surface area (Å²) < 4.78 is 5.13. The Kier molecular flexibility index (Phi) is 6.42. The maximum atomic E-state index is 12.7. The highest BCUT2D eigenvalue weighted by Gasteiger charge is 2.36. The van der Waals surface area contributed by atoms with Gasteiger partial charge < -0.3 is 20.3 Å². The molecule has 1 aliphatic heterocycles. The molecule has 29 heavy (non-hydrogen) atoms. The molecule has 0 bridgehead atoms. The second kappa shape index (κ2) is 8.99. The third-order valence-electron chi connectivity index (χ3n) is 5.34. The van der Waals surface area contributed by atoms with Crippen LogP contribution in [0.15, 0.2) is 48.5 Å². The lowest BCUT2D eigenvalue weighted by Crippen LogP contribution is -2.44. The van der Waals surface area contributed by atoms with E-state index in [1.54, 1.807) is 21.0 Å². The molecule has 1 saturated heterocycles. The molecule has 3 rings (SSSR count). The summed E-state index contributed by atoms with van der Waals surface area (Å²) in [7, 11) is 1.61. The molecule has 0 saturated carbocycles. The van der Waals surface area contributed by atoms with Gasteiger partial charge in [0.05, 0.1) is 7.11 Å². The SMILES string of the molecule is COc1ccc(CNC(=O)C(C)(C)C(=O)Nc2ccc(N3CCCC3)cc2)cc1. The average Bonchev–Trinajstić information content (AvgIpc) is 3.27. The van der Waals surface area contributed by atoms with Gasteiger partial charge in [-0.3, -0.25) is 9.59 Å². The molecule has 0 radical (unpaired) electrons. The van der Waals surface area contributed by atoms with E-state index in [9.17, 15) is 9.59 Å². The number of hydrogen-bond donors (Lipinski definition) is 2. The summed E-state index contributed by atoms with van der Waals surface area (Å²) in [5, 5.41) is 5.70. The first-order valence-corrected chi connectivity index (χ1v) is 9.98. The first kappa shape index (κ1) is 20.7. The summed E-state index contributed by atoms with van der Waals surface area (Å²) in [6.07, 6.45) is 2.44. The molecule has 0 atom stereocenters. The maximum absolute atomic E-state index is 12.7. The van der Waals surface area contributed by atoms with Gasteiger partial charge in [0.2, 0.25) is 11.8 Å². The predicted octanol–water partition coefficient (Wildman–Crippen LogP) is 3.58. The van der Waals surface area contributed by atoms with Crippen molar-refractivity contribution < 1.29 is 14.3 Å². The molecule has 0 spiro atoms. The Bertz CT molecular complexity index is 839. The van der Waals surface area contributed by atoms with Gasteiger partial charge in [-0.25, -0.2) is 0 Å². The second-order valence-electron chi connectivity index (χ2n) is 7.85. The summed E-state index contributed by atoms with van der Waals surface area (Å²) in [5.74, 6) is 0.105. The monoisotopic (exact) mass is 395 g/mol. The van der Waals surface area contributed by atoms with E-state index in [-0.39, 0.29) is 11.8 Å². The minimum Gasteiger partial charge on any atom is -0.497 e. The van der Waals surface area contributed by atoms with E-state index < -0.39 is 5.41 Å². The van der Waals surface area contributed by atoms with Crippen LogP contribution in [-0.4, -0.2) is 32.0 Å². The van der Waals surface area contributed by atoms with Gasteiger partial charge in [-0.1, -0.05) is 12.1 Å². The molecular formula is C23H29N3O3. The van der Waals surface area contributed by atoms with Crippen LogP contribution >= 0.6 is 0 Å². The van der Waals surface area contributed by atoms with Gasteiger partial charge in [0, 0.05) is 31.0 Å². The zero-order chi connectivity index (χ0) is 20.9. The van der Waals surface area contributed by atoms with Crippen molar-refractivity contribution in [1.29, 1.82) is 0 Å². The smallest absolute Gasteiger partial charge is 0.239 e. The molecule has 2 N–H and O–H groups in total. The standard InChI is InChI=1S/C23H29N3O3/c1-23(2,21(27)24-16-17-6-12-20(29-3)13-7-17)22(28)25-18-8-10-19(11-9-18)26-14-4-5-15-26/h6-13H,4-5,14-16H2,1-3H3,(H,24,27)(H,25,28). The van der Waals surface area contributed by atoms with Crippen molar-refractivity contribution in [2.24, 2.45) is 5.41 Å². The number of ether oxygens (including phenoxy) is 1. The third-order valence-corrected chi connectivity index (χ3v) is 5.34. The van der Waals surface area contributed by atoms with Crippen molar-refractivity contribution in [3.05, 3.63) is 54.1 Å². The van der Waals surface area contributed by atoms with E-state index in [1.807, 2.05) is 48.5 Å². The number of amides is 2. The third kappa shape index (κ3) is 5.08. The summed E-state index contributed by atoms with van der Waals surface area (Å²) in [4.78, 5) is 27.7. The van der Waals surface area contributed by atoms with Crippen LogP contribution in [0.3, 0.4) is 0 Å². The highest BCUT2D eigenvalue weighted by atomic mass is 16.5. The average molecular weight is 396 g/mol. The Morgan fingerprint density at radius 1 is 0.966 bits per heavy atom. The number of anilines is 2. The van der Waals surface area contributed by atoms with Gasteiger partial charge in [0.1, 0.15) is 11.2 Å². The topological polar surface area (TPSA) is 70.7 Å². The van der Waals surface area contributed by atoms with E-state index in [2.05, 4.69) is 15.5 Å². The Labute approximate surface area is 172 Å². The fourth-order valence-corrected chi connectivity index (χ4v) is 3.27. The molecule has 0 aliphatic carbocycles. The summed E-state index contributed by atoms with van der Waals surface area (Å²) in [6, 6.07) is 15.2. The van der Waals surface area contributed by atoms with E-state index >= 15 is 0 Å². The number of rotatable bonds is 7. The quantitative estimate of drug-likeness (QED) is 0.703. The number of carbonyl (C=O) groups is 2. The largest absolute Gasteiger partial charge is 0.497 e. The number of hydrogen-bond acceptors (Lipinski definition) is 4. The Morgan fingerprint density at radius 2 is 1.59 bits per heavy atom. The highest BCUT2D eigenvalue weighted by Crippen LogP contribution is 2.24. The van der Waals surface area contributed by atoms with Crippen molar-refractivity contribution in [1.82, 2.24) is 5.32 Å². The van der Waals surface area contributed by atoms with E-state index in [0.29, 0.717) is 12.2 Å². The van der Waals surface area contributed by atoms with E-state index in [0.717, 1.165) is 30.1 Å². The second-order valence-corrected chi connectivity index (χ2v) is 7.85. The van der Waals surface area contributed by atoms with Crippen molar-refractivity contribution in [3.63, 3.8) is 0 Å². The molecule has 0 aromatic heterocycles. The van der Waals surface area contributed by atoms with Crippen LogP contribution in [0, 0.1) is 5.41 Å². The number of methoxy groups -OCH3 is 1. The van der Waals surface area contributed by atoms with Crippen molar-refractivity contribution >= 4 is 23.2 Å². The van der Waals surface area contributed by atoms with Crippen molar-refractivity contribution in [2.75, 3.05) is 30.4 Å². The predicted molar refractivity (Wildman–Crippen MR) is 115 cm³/mol. The van der Waals surface area contributed by atoms with Gasteiger partial charge in [-0.05, 0) is 68.7 Å². The zero-order valence-electron chi connectivity index (χ0n) is 17.3. The first-order chi connectivity index (χ1) is 13.9. The van der Waals surface area contributed by atoms with Crippen LogP contribution in [0.1, 0.15) is 32.3 Å². The van der Waals surface area contributed by atoms with Crippen LogP contribution in [0.4, 0.5) is 11.4 Å². The van der Waals surface area contributed by atoms with E-state index in [1.165, 1.54) is 12.8 Å². The molecular weight excluding hydrogens is 366 g/mol. The Morgan fingerprint density at radius 3 is 2.17 bits per heavy atom. The highest BCUT2D eigenvalue weighted by molar-refractivity contribution is 6.09.